The van der Waals surface area contributed by atoms with Crippen molar-refractivity contribution in [2.75, 3.05) is 13.1 Å². The Morgan fingerprint density at radius 1 is 1.07 bits per heavy atom. The molecular formula is C10H20N2O2. The predicted octanol–water partition coefficient (Wildman–Crippen LogP) is 0.819. The van der Waals surface area contributed by atoms with Gasteiger partial charge in [-0.1, -0.05) is 19.8 Å². The van der Waals surface area contributed by atoms with Crippen LogP contribution in [0.5, 0.6) is 0 Å². The smallest absolute Gasteiger partial charge is 0.221 e. The number of rotatable bonds is 7. The van der Waals surface area contributed by atoms with Crippen LogP contribution in [0.2, 0.25) is 0 Å². The van der Waals surface area contributed by atoms with Crippen LogP contribution in [0, 0.1) is 0 Å². The normalized spacial score (nSPS) is 9.57. The van der Waals surface area contributed by atoms with Gasteiger partial charge in [-0.15, -0.1) is 0 Å². The number of carbonyl (C=O) groups excluding carboxylic acids is 2. The molecule has 0 spiro atoms. The van der Waals surface area contributed by atoms with Gasteiger partial charge in [0.1, 0.15) is 0 Å². The van der Waals surface area contributed by atoms with Gasteiger partial charge in [0.2, 0.25) is 11.8 Å². The molecule has 2 N–H and O–H groups in total. The molecule has 0 aromatic heterocycles. The van der Waals surface area contributed by atoms with E-state index in [9.17, 15) is 9.59 Å². The molecule has 0 heterocycles. The number of hydrogen-bond acceptors (Lipinski definition) is 2. The molecule has 82 valence electrons. The largest absolute Gasteiger partial charge is 0.356 e. The van der Waals surface area contributed by atoms with Gasteiger partial charge < -0.3 is 10.6 Å². The van der Waals surface area contributed by atoms with Crippen molar-refractivity contribution in [3.05, 3.63) is 0 Å². The van der Waals surface area contributed by atoms with Gasteiger partial charge in [-0.3, -0.25) is 9.59 Å². The minimum absolute atomic E-state index is 0.00912. The molecule has 4 nitrogen and oxygen atoms in total. The SMILES string of the molecule is CCCCCNC(=O)CCNC(C)=O. The van der Waals surface area contributed by atoms with Crippen LogP contribution in [0.25, 0.3) is 0 Å². The van der Waals surface area contributed by atoms with Crippen LogP contribution in [0.3, 0.4) is 0 Å². The first kappa shape index (κ1) is 12.9. The average Bonchev–Trinajstić information content (AvgIpc) is 2.12. The summed E-state index contributed by atoms with van der Waals surface area (Å²) in [6, 6.07) is 0. The van der Waals surface area contributed by atoms with Crippen LogP contribution in [0.1, 0.15) is 39.5 Å². The standard InChI is InChI=1S/C10H20N2O2/c1-3-4-5-7-12-10(14)6-8-11-9(2)13/h3-8H2,1-2H3,(H,11,13)(H,12,14). The van der Waals surface area contributed by atoms with Crippen molar-refractivity contribution in [3.8, 4) is 0 Å². The van der Waals surface area contributed by atoms with E-state index in [0.717, 1.165) is 25.8 Å². The molecule has 0 aliphatic carbocycles. The number of unbranched alkanes of at least 4 members (excludes halogenated alkanes) is 2. The molecule has 14 heavy (non-hydrogen) atoms. The van der Waals surface area contributed by atoms with E-state index in [-0.39, 0.29) is 11.8 Å². The average molecular weight is 200 g/mol. The number of carbonyl (C=O) groups is 2. The Bertz CT molecular complexity index is 181. The van der Waals surface area contributed by atoms with E-state index >= 15 is 0 Å². The lowest BCUT2D eigenvalue weighted by Gasteiger charge is -2.04. The molecule has 0 aliphatic rings. The van der Waals surface area contributed by atoms with Crippen LogP contribution >= 0.6 is 0 Å². The Hall–Kier alpha value is -1.06. The second kappa shape index (κ2) is 8.53. The van der Waals surface area contributed by atoms with Crippen LogP contribution in [0.15, 0.2) is 0 Å². The summed E-state index contributed by atoms with van der Waals surface area (Å²) in [6.07, 6.45) is 3.70. The highest BCUT2D eigenvalue weighted by atomic mass is 16.2. The van der Waals surface area contributed by atoms with Crippen LogP contribution in [0.4, 0.5) is 0 Å². The number of hydrogen-bond donors (Lipinski definition) is 2. The highest BCUT2D eigenvalue weighted by Crippen LogP contribution is 1.91. The molecule has 4 heteroatoms. The Morgan fingerprint density at radius 2 is 1.79 bits per heavy atom. The molecule has 0 saturated heterocycles. The molecule has 0 aliphatic heterocycles. The summed E-state index contributed by atoms with van der Waals surface area (Å²) in [6.45, 7) is 4.74. The molecule has 0 aromatic rings. The van der Waals surface area contributed by atoms with Gasteiger partial charge in [0.05, 0.1) is 0 Å². The third-order valence-corrected chi connectivity index (χ3v) is 1.83. The minimum atomic E-state index is -0.0937. The lowest BCUT2D eigenvalue weighted by atomic mass is 10.2. The van der Waals surface area contributed by atoms with Gasteiger partial charge in [-0.25, -0.2) is 0 Å². The molecule has 0 aromatic carbocycles. The van der Waals surface area contributed by atoms with E-state index in [2.05, 4.69) is 17.6 Å². The summed E-state index contributed by atoms with van der Waals surface area (Å²) in [4.78, 5) is 21.6. The van der Waals surface area contributed by atoms with Crippen molar-refractivity contribution in [1.29, 1.82) is 0 Å². The van der Waals surface area contributed by atoms with E-state index in [0.29, 0.717) is 13.0 Å². The maximum absolute atomic E-state index is 11.1. The lowest BCUT2D eigenvalue weighted by molar-refractivity contribution is -0.121. The third-order valence-electron chi connectivity index (χ3n) is 1.83. The molecular weight excluding hydrogens is 180 g/mol. The van der Waals surface area contributed by atoms with Crippen molar-refractivity contribution < 1.29 is 9.59 Å². The maximum Gasteiger partial charge on any atom is 0.221 e. The van der Waals surface area contributed by atoms with Crippen LogP contribution in [-0.2, 0) is 9.59 Å². The zero-order valence-corrected chi connectivity index (χ0v) is 9.06. The second-order valence-electron chi connectivity index (χ2n) is 3.29. The van der Waals surface area contributed by atoms with Gasteiger partial charge in [-0.2, -0.15) is 0 Å². The number of amides is 2. The van der Waals surface area contributed by atoms with Gasteiger partial charge >= 0.3 is 0 Å². The summed E-state index contributed by atoms with van der Waals surface area (Å²) in [5.74, 6) is -0.0846. The molecule has 0 atom stereocenters. The topological polar surface area (TPSA) is 58.2 Å². The zero-order chi connectivity index (χ0) is 10.8. The van der Waals surface area contributed by atoms with E-state index in [4.69, 9.17) is 0 Å². The van der Waals surface area contributed by atoms with Crippen molar-refractivity contribution in [2.45, 2.75) is 39.5 Å². The Labute approximate surface area is 85.4 Å². The highest BCUT2D eigenvalue weighted by molar-refractivity contribution is 5.77. The molecule has 0 fully saturated rings. The molecule has 0 radical (unpaired) electrons. The Kier molecular flexibility index (Phi) is 7.89. The fourth-order valence-corrected chi connectivity index (χ4v) is 1.04. The quantitative estimate of drug-likeness (QED) is 0.598. The summed E-state index contributed by atoms with van der Waals surface area (Å²) in [7, 11) is 0. The predicted molar refractivity (Wildman–Crippen MR) is 55.8 cm³/mol. The second-order valence-corrected chi connectivity index (χ2v) is 3.29. The summed E-state index contributed by atoms with van der Waals surface area (Å²) in [5.41, 5.74) is 0. The summed E-state index contributed by atoms with van der Waals surface area (Å²) >= 11 is 0. The van der Waals surface area contributed by atoms with Crippen molar-refractivity contribution in [3.63, 3.8) is 0 Å². The maximum atomic E-state index is 11.1. The van der Waals surface area contributed by atoms with E-state index in [1.807, 2.05) is 0 Å². The van der Waals surface area contributed by atoms with Gasteiger partial charge in [0.25, 0.3) is 0 Å². The molecule has 0 unspecified atom stereocenters. The minimum Gasteiger partial charge on any atom is -0.356 e. The van der Waals surface area contributed by atoms with Crippen LogP contribution in [-0.4, -0.2) is 24.9 Å². The lowest BCUT2D eigenvalue weighted by Crippen LogP contribution is -2.30. The molecule has 0 bridgehead atoms. The highest BCUT2D eigenvalue weighted by Gasteiger charge is 1.99. The zero-order valence-electron chi connectivity index (χ0n) is 9.06. The first-order chi connectivity index (χ1) is 6.66. The summed E-state index contributed by atoms with van der Waals surface area (Å²) in [5, 5.41) is 5.38. The van der Waals surface area contributed by atoms with Crippen molar-refractivity contribution >= 4 is 11.8 Å². The fraction of sp³-hybridized carbons (Fsp3) is 0.800. The monoisotopic (exact) mass is 200 g/mol. The number of nitrogens with one attached hydrogen (secondary N) is 2. The Morgan fingerprint density at radius 3 is 2.36 bits per heavy atom. The first-order valence-electron chi connectivity index (χ1n) is 5.18. The van der Waals surface area contributed by atoms with Gasteiger partial charge in [0.15, 0.2) is 0 Å². The molecule has 2 amide bonds. The van der Waals surface area contributed by atoms with Crippen LogP contribution < -0.4 is 10.6 Å². The van der Waals surface area contributed by atoms with Crippen molar-refractivity contribution in [2.24, 2.45) is 0 Å². The fourth-order valence-electron chi connectivity index (χ4n) is 1.04. The Balaban J connectivity index is 3.24. The van der Waals surface area contributed by atoms with E-state index in [1.54, 1.807) is 0 Å². The summed E-state index contributed by atoms with van der Waals surface area (Å²) < 4.78 is 0. The third kappa shape index (κ3) is 9.03. The first-order valence-corrected chi connectivity index (χ1v) is 5.18. The van der Waals surface area contributed by atoms with E-state index in [1.165, 1.54) is 6.92 Å². The molecule has 0 saturated carbocycles. The van der Waals surface area contributed by atoms with Crippen molar-refractivity contribution in [1.82, 2.24) is 10.6 Å². The molecule has 0 rings (SSSR count). The van der Waals surface area contributed by atoms with Gasteiger partial charge in [0, 0.05) is 26.4 Å². The van der Waals surface area contributed by atoms with Gasteiger partial charge in [-0.05, 0) is 6.42 Å². The van der Waals surface area contributed by atoms with E-state index < -0.39 is 0 Å².